The van der Waals surface area contributed by atoms with Crippen LogP contribution in [0.25, 0.3) is 0 Å². The van der Waals surface area contributed by atoms with Gasteiger partial charge in [-0.25, -0.2) is 0 Å². The molecule has 0 spiro atoms. The van der Waals surface area contributed by atoms with E-state index < -0.39 is 0 Å². The van der Waals surface area contributed by atoms with Crippen molar-refractivity contribution in [3.8, 4) is 0 Å². The summed E-state index contributed by atoms with van der Waals surface area (Å²) in [6, 6.07) is 0. The summed E-state index contributed by atoms with van der Waals surface area (Å²) < 4.78 is 0. The molecule has 0 aliphatic carbocycles. The molecule has 2 nitrogen and oxygen atoms in total. The molecule has 0 rings (SSSR count). The van der Waals surface area contributed by atoms with E-state index in [4.69, 9.17) is 5.84 Å². The minimum atomic E-state index is 0. The molecule has 3 N–H and O–H groups in total. The number of hydrogen-bond donors (Lipinski definition) is 2. The van der Waals surface area contributed by atoms with Crippen LogP contribution in [0, 0.1) is 5.92 Å². The molecule has 0 bridgehead atoms. The molecule has 0 unspecified atom stereocenters. The number of hydrogen-bond acceptors (Lipinski definition) is 2. The highest BCUT2D eigenvalue weighted by atomic mass is 35.5. The van der Waals surface area contributed by atoms with Gasteiger partial charge in [0.1, 0.15) is 0 Å². The Morgan fingerprint density at radius 1 is 1.38 bits per heavy atom. The first kappa shape index (κ1) is 15.8. The van der Waals surface area contributed by atoms with Crippen molar-refractivity contribution in [1.82, 2.24) is 5.43 Å². The largest absolute Gasteiger partial charge is 0.271 e. The molecule has 0 aromatic carbocycles. The van der Waals surface area contributed by atoms with Crippen molar-refractivity contribution in [2.75, 3.05) is 6.54 Å². The molecule has 54 valence electrons. The summed E-state index contributed by atoms with van der Waals surface area (Å²) in [6.45, 7) is 5.12. The predicted molar refractivity (Wildman–Crippen MR) is 41.5 cm³/mol. The predicted octanol–water partition coefficient (Wildman–Crippen LogP) is 0.949. The van der Waals surface area contributed by atoms with Crippen molar-refractivity contribution in [2.45, 2.75) is 13.8 Å². The van der Waals surface area contributed by atoms with E-state index in [1.807, 2.05) is 0 Å². The molecule has 0 atom stereocenters. The highest BCUT2D eigenvalue weighted by molar-refractivity contribution is 5.85. The number of hydrazine groups is 1. The van der Waals surface area contributed by atoms with Crippen molar-refractivity contribution in [3.63, 3.8) is 0 Å². The third kappa shape index (κ3) is 16.1. The van der Waals surface area contributed by atoms with Gasteiger partial charge in [-0.15, -0.1) is 24.8 Å². The molecule has 4 heteroatoms. The quantitative estimate of drug-likeness (QED) is 0.467. The molecule has 0 aromatic heterocycles. The molecule has 0 aliphatic rings. The van der Waals surface area contributed by atoms with Crippen LogP contribution in [0.2, 0.25) is 0 Å². The lowest BCUT2D eigenvalue weighted by Gasteiger charge is -1.98. The monoisotopic (exact) mass is 160 g/mol. The van der Waals surface area contributed by atoms with Gasteiger partial charge in [-0.3, -0.25) is 11.3 Å². The summed E-state index contributed by atoms with van der Waals surface area (Å²) >= 11 is 0. The van der Waals surface area contributed by atoms with E-state index in [1.54, 1.807) is 0 Å². The Hall–Kier alpha value is 0.500. The van der Waals surface area contributed by atoms with Gasteiger partial charge in [0.15, 0.2) is 0 Å². The van der Waals surface area contributed by atoms with Crippen LogP contribution in [0.1, 0.15) is 13.8 Å². The van der Waals surface area contributed by atoms with Crippen LogP contribution >= 0.6 is 24.8 Å². The standard InChI is InChI=1S/C4H12N2.2ClH/c1-4(2)3-6-5;;/h4,6H,3,5H2,1-2H3;2*1H. The maximum Gasteiger partial charge on any atom is 0.0120 e. The van der Waals surface area contributed by atoms with Crippen molar-refractivity contribution in [3.05, 3.63) is 0 Å². The Kier molecular flexibility index (Phi) is 20.7. The number of nitrogens with two attached hydrogens (primary N) is 1. The van der Waals surface area contributed by atoms with Gasteiger partial charge in [-0.2, -0.15) is 0 Å². The van der Waals surface area contributed by atoms with E-state index in [-0.39, 0.29) is 24.8 Å². The van der Waals surface area contributed by atoms with Crippen LogP contribution in [0.4, 0.5) is 0 Å². The van der Waals surface area contributed by atoms with Crippen molar-refractivity contribution < 1.29 is 0 Å². The fourth-order valence-electron chi connectivity index (χ4n) is 0.236. The van der Waals surface area contributed by atoms with E-state index in [2.05, 4.69) is 19.3 Å². The zero-order chi connectivity index (χ0) is 4.99. The SMILES string of the molecule is CC(C)CNN.Cl.Cl. The molecular formula is C4H14Cl2N2. The summed E-state index contributed by atoms with van der Waals surface area (Å²) in [6.07, 6.45) is 0. The van der Waals surface area contributed by atoms with Crippen LogP contribution in [0.5, 0.6) is 0 Å². The Balaban J connectivity index is -0.000000125. The molecule has 0 aromatic rings. The van der Waals surface area contributed by atoms with Gasteiger partial charge in [-0.1, -0.05) is 13.8 Å². The first-order chi connectivity index (χ1) is 2.77. The van der Waals surface area contributed by atoms with Gasteiger partial charge in [-0.05, 0) is 5.92 Å². The maximum atomic E-state index is 4.98. The number of nitrogens with one attached hydrogen (secondary N) is 1. The Labute approximate surface area is 63.0 Å². The first-order valence-electron chi connectivity index (χ1n) is 2.21. The van der Waals surface area contributed by atoms with Crippen LogP contribution < -0.4 is 11.3 Å². The molecular weight excluding hydrogens is 147 g/mol. The second-order valence-electron chi connectivity index (χ2n) is 1.80. The summed E-state index contributed by atoms with van der Waals surface area (Å²) in [5.41, 5.74) is 2.57. The molecule has 0 saturated heterocycles. The molecule has 0 aliphatic heterocycles. The van der Waals surface area contributed by atoms with E-state index in [1.165, 1.54) is 0 Å². The maximum absolute atomic E-state index is 4.98. The van der Waals surface area contributed by atoms with E-state index in [0.29, 0.717) is 5.92 Å². The lowest BCUT2D eigenvalue weighted by molar-refractivity contribution is 0.568. The number of rotatable bonds is 2. The van der Waals surface area contributed by atoms with Crippen molar-refractivity contribution >= 4 is 24.8 Å². The summed E-state index contributed by atoms with van der Waals surface area (Å²) in [5, 5.41) is 0. The Morgan fingerprint density at radius 3 is 1.75 bits per heavy atom. The zero-order valence-electron chi connectivity index (χ0n) is 5.18. The highest BCUT2D eigenvalue weighted by Gasteiger charge is 1.84. The summed E-state index contributed by atoms with van der Waals surface area (Å²) in [7, 11) is 0. The molecule has 0 radical (unpaired) electrons. The minimum absolute atomic E-state index is 0. The van der Waals surface area contributed by atoms with Crippen LogP contribution in [-0.2, 0) is 0 Å². The smallest absolute Gasteiger partial charge is 0.0120 e. The van der Waals surface area contributed by atoms with Crippen molar-refractivity contribution in [2.24, 2.45) is 11.8 Å². The average Bonchev–Trinajstić information content (AvgIpc) is 1.35. The minimum Gasteiger partial charge on any atom is -0.271 e. The van der Waals surface area contributed by atoms with Gasteiger partial charge >= 0.3 is 0 Å². The van der Waals surface area contributed by atoms with Crippen molar-refractivity contribution in [1.29, 1.82) is 0 Å². The zero-order valence-corrected chi connectivity index (χ0v) is 6.81. The molecule has 8 heavy (non-hydrogen) atoms. The fourth-order valence-corrected chi connectivity index (χ4v) is 0.236. The second-order valence-corrected chi connectivity index (χ2v) is 1.80. The molecule has 0 fully saturated rings. The van der Waals surface area contributed by atoms with E-state index in [9.17, 15) is 0 Å². The Bertz CT molecular complexity index is 33.2. The van der Waals surface area contributed by atoms with Gasteiger partial charge in [0.2, 0.25) is 0 Å². The van der Waals surface area contributed by atoms with Crippen LogP contribution in [0.3, 0.4) is 0 Å². The van der Waals surface area contributed by atoms with E-state index >= 15 is 0 Å². The summed E-state index contributed by atoms with van der Waals surface area (Å²) in [4.78, 5) is 0. The molecule has 0 heterocycles. The third-order valence-corrected chi connectivity index (χ3v) is 0.526. The first-order valence-corrected chi connectivity index (χ1v) is 2.21. The van der Waals surface area contributed by atoms with Crippen LogP contribution in [0.15, 0.2) is 0 Å². The second kappa shape index (κ2) is 10.5. The molecule has 0 saturated carbocycles. The highest BCUT2D eigenvalue weighted by Crippen LogP contribution is 1.83. The number of halogens is 2. The van der Waals surface area contributed by atoms with Gasteiger partial charge < -0.3 is 0 Å². The summed E-state index contributed by atoms with van der Waals surface area (Å²) in [5.74, 6) is 5.64. The van der Waals surface area contributed by atoms with Crippen LogP contribution in [-0.4, -0.2) is 6.54 Å². The van der Waals surface area contributed by atoms with Gasteiger partial charge in [0, 0.05) is 6.54 Å². The average molecular weight is 161 g/mol. The topological polar surface area (TPSA) is 38.0 Å². The normalized spacial score (nSPS) is 7.50. The molecule has 0 amide bonds. The Morgan fingerprint density at radius 2 is 1.75 bits per heavy atom. The van der Waals surface area contributed by atoms with Gasteiger partial charge in [0.05, 0.1) is 0 Å². The van der Waals surface area contributed by atoms with Gasteiger partial charge in [0.25, 0.3) is 0 Å². The van der Waals surface area contributed by atoms with E-state index in [0.717, 1.165) is 6.54 Å². The lowest BCUT2D eigenvalue weighted by Crippen LogP contribution is -2.26. The fraction of sp³-hybridized carbons (Fsp3) is 1.00. The lowest BCUT2D eigenvalue weighted by atomic mass is 10.2. The third-order valence-electron chi connectivity index (χ3n) is 0.526.